The van der Waals surface area contributed by atoms with Crippen molar-refractivity contribution in [3.05, 3.63) is 46.5 Å². The second kappa shape index (κ2) is 8.87. The van der Waals surface area contributed by atoms with E-state index in [9.17, 15) is 0 Å². The Kier molecular flexibility index (Phi) is 7.84. The van der Waals surface area contributed by atoms with Gasteiger partial charge in [0.05, 0.1) is 10.0 Å². The van der Waals surface area contributed by atoms with Crippen molar-refractivity contribution in [3.8, 4) is 0 Å². The first kappa shape index (κ1) is 15.9. The van der Waals surface area contributed by atoms with Crippen molar-refractivity contribution in [2.75, 3.05) is 18.1 Å². The van der Waals surface area contributed by atoms with Crippen LogP contribution in [0.25, 0.3) is 0 Å². The summed E-state index contributed by atoms with van der Waals surface area (Å²) in [6.07, 6.45) is 2.96. The van der Waals surface area contributed by atoms with Gasteiger partial charge in [0.15, 0.2) is 0 Å². The van der Waals surface area contributed by atoms with Crippen LogP contribution in [0.3, 0.4) is 0 Å². The van der Waals surface area contributed by atoms with Crippen molar-refractivity contribution < 1.29 is 0 Å². The second-order valence-electron chi connectivity index (χ2n) is 3.95. The van der Waals surface area contributed by atoms with Gasteiger partial charge < -0.3 is 5.32 Å². The first-order chi connectivity index (χ1) is 8.69. The van der Waals surface area contributed by atoms with Crippen LogP contribution in [0.5, 0.6) is 0 Å². The van der Waals surface area contributed by atoms with E-state index in [4.69, 9.17) is 23.2 Å². The van der Waals surface area contributed by atoms with Gasteiger partial charge >= 0.3 is 0 Å². The van der Waals surface area contributed by atoms with Gasteiger partial charge in [0, 0.05) is 24.1 Å². The van der Waals surface area contributed by atoms with Gasteiger partial charge in [-0.25, -0.2) is 0 Å². The van der Waals surface area contributed by atoms with Gasteiger partial charge in [-0.1, -0.05) is 42.3 Å². The SMILES string of the molecule is C=CCSCCNC(CC)c1ccc(Cl)c(Cl)c1. The maximum atomic E-state index is 6.04. The Morgan fingerprint density at radius 1 is 1.39 bits per heavy atom. The van der Waals surface area contributed by atoms with Gasteiger partial charge in [-0.3, -0.25) is 0 Å². The Morgan fingerprint density at radius 3 is 2.78 bits per heavy atom. The molecule has 0 spiro atoms. The van der Waals surface area contributed by atoms with Crippen LogP contribution in [-0.2, 0) is 0 Å². The van der Waals surface area contributed by atoms with E-state index in [2.05, 4.69) is 18.8 Å². The molecule has 0 amide bonds. The lowest BCUT2D eigenvalue weighted by atomic mass is 10.0. The molecule has 1 unspecified atom stereocenters. The van der Waals surface area contributed by atoms with Crippen LogP contribution in [0.2, 0.25) is 10.0 Å². The lowest BCUT2D eigenvalue weighted by Gasteiger charge is -2.17. The van der Waals surface area contributed by atoms with E-state index in [0.717, 1.165) is 24.5 Å². The summed E-state index contributed by atoms with van der Waals surface area (Å²) in [6, 6.07) is 6.17. The fourth-order valence-electron chi connectivity index (χ4n) is 1.70. The van der Waals surface area contributed by atoms with Gasteiger partial charge in [0.1, 0.15) is 0 Å². The molecule has 0 heterocycles. The van der Waals surface area contributed by atoms with Gasteiger partial charge in [-0.2, -0.15) is 11.8 Å². The van der Waals surface area contributed by atoms with Crippen molar-refractivity contribution in [2.45, 2.75) is 19.4 Å². The predicted molar refractivity (Wildman–Crippen MR) is 85.0 cm³/mol. The molecular weight excluding hydrogens is 285 g/mol. The summed E-state index contributed by atoms with van der Waals surface area (Å²) < 4.78 is 0. The molecule has 18 heavy (non-hydrogen) atoms. The summed E-state index contributed by atoms with van der Waals surface area (Å²) in [5.74, 6) is 2.09. The topological polar surface area (TPSA) is 12.0 Å². The van der Waals surface area contributed by atoms with Crippen LogP contribution in [-0.4, -0.2) is 18.1 Å². The number of thioether (sulfide) groups is 1. The summed E-state index contributed by atoms with van der Waals surface area (Å²) in [5.41, 5.74) is 1.20. The van der Waals surface area contributed by atoms with E-state index < -0.39 is 0 Å². The van der Waals surface area contributed by atoms with Crippen LogP contribution in [0.1, 0.15) is 24.9 Å². The number of nitrogens with one attached hydrogen (secondary N) is 1. The number of rotatable bonds is 8. The third kappa shape index (κ3) is 5.23. The zero-order valence-electron chi connectivity index (χ0n) is 10.6. The van der Waals surface area contributed by atoms with E-state index >= 15 is 0 Å². The molecule has 1 aromatic rings. The average molecular weight is 304 g/mol. The molecule has 0 radical (unpaired) electrons. The highest BCUT2D eigenvalue weighted by Crippen LogP contribution is 2.26. The lowest BCUT2D eigenvalue weighted by Crippen LogP contribution is -2.23. The smallest absolute Gasteiger partial charge is 0.0595 e. The van der Waals surface area contributed by atoms with Crippen molar-refractivity contribution in [3.63, 3.8) is 0 Å². The highest BCUT2D eigenvalue weighted by Gasteiger charge is 2.09. The number of hydrogen-bond acceptors (Lipinski definition) is 2. The van der Waals surface area contributed by atoms with Crippen LogP contribution >= 0.6 is 35.0 Å². The zero-order valence-corrected chi connectivity index (χ0v) is 12.9. The Balaban J connectivity index is 2.49. The standard InChI is InChI=1S/C14H19Cl2NS/c1-3-8-18-9-7-17-14(4-2)11-5-6-12(15)13(16)10-11/h3,5-6,10,14,17H,1,4,7-9H2,2H3. The molecule has 0 fully saturated rings. The van der Waals surface area contributed by atoms with E-state index in [1.165, 1.54) is 5.56 Å². The second-order valence-corrected chi connectivity index (χ2v) is 5.92. The summed E-state index contributed by atoms with van der Waals surface area (Å²) in [5, 5.41) is 4.76. The number of benzene rings is 1. The zero-order chi connectivity index (χ0) is 13.4. The first-order valence-electron chi connectivity index (χ1n) is 6.06. The van der Waals surface area contributed by atoms with Crippen molar-refractivity contribution in [1.82, 2.24) is 5.32 Å². The molecule has 1 atom stereocenters. The Bertz CT molecular complexity index is 382. The molecule has 0 bridgehead atoms. The Morgan fingerprint density at radius 2 is 2.17 bits per heavy atom. The quantitative estimate of drug-likeness (QED) is 0.538. The molecule has 100 valence electrons. The summed E-state index contributed by atoms with van der Waals surface area (Å²) >= 11 is 13.8. The molecule has 1 rings (SSSR count). The van der Waals surface area contributed by atoms with Crippen LogP contribution in [0, 0.1) is 0 Å². The average Bonchev–Trinajstić information content (AvgIpc) is 2.37. The van der Waals surface area contributed by atoms with Crippen molar-refractivity contribution >= 4 is 35.0 Å². The van der Waals surface area contributed by atoms with Gasteiger partial charge in [0.2, 0.25) is 0 Å². The maximum Gasteiger partial charge on any atom is 0.0595 e. The Labute approximate surface area is 124 Å². The van der Waals surface area contributed by atoms with Gasteiger partial charge in [0.25, 0.3) is 0 Å². The monoisotopic (exact) mass is 303 g/mol. The highest BCUT2D eigenvalue weighted by molar-refractivity contribution is 7.99. The van der Waals surface area contributed by atoms with E-state index in [0.29, 0.717) is 16.1 Å². The Hall–Kier alpha value is -0.150. The fourth-order valence-corrected chi connectivity index (χ4v) is 2.60. The fraction of sp³-hybridized carbons (Fsp3) is 0.429. The van der Waals surface area contributed by atoms with Crippen LogP contribution in [0.4, 0.5) is 0 Å². The third-order valence-electron chi connectivity index (χ3n) is 2.63. The van der Waals surface area contributed by atoms with Crippen molar-refractivity contribution in [2.24, 2.45) is 0 Å². The summed E-state index contributed by atoms with van der Waals surface area (Å²) in [6.45, 7) is 6.85. The van der Waals surface area contributed by atoms with Crippen LogP contribution < -0.4 is 5.32 Å². The maximum absolute atomic E-state index is 6.04. The van der Waals surface area contributed by atoms with Gasteiger partial charge in [-0.15, -0.1) is 6.58 Å². The minimum absolute atomic E-state index is 0.337. The lowest BCUT2D eigenvalue weighted by molar-refractivity contribution is 0.540. The molecule has 0 aliphatic carbocycles. The van der Waals surface area contributed by atoms with E-state index in [1.807, 2.05) is 36.0 Å². The summed E-state index contributed by atoms with van der Waals surface area (Å²) in [7, 11) is 0. The van der Waals surface area contributed by atoms with Gasteiger partial charge in [-0.05, 0) is 24.1 Å². The number of hydrogen-bond donors (Lipinski definition) is 1. The van der Waals surface area contributed by atoms with Crippen molar-refractivity contribution in [1.29, 1.82) is 0 Å². The first-order valence-corrected chi connectivity index (χ1v) is 7.97. The molecule has 0 aliphatic heterocycles. The summed E-state index contributed by atoms with van der Waals surface area (Å²) in [4.78, 5) is 0. The number of halogens is 2. The minimum Gasteiger partial charge on any atom is -0.309 e. The van der Waals surface area contributed by atoms with Crippen LogP contribution in [0.15, 0.2) is 30.9 Å². The normalized spacial score (nSPS) is 12.4. The molecule has 0 saturated heterocycles. The molecule has 0 aromatic heterocycles. The molecule has 0 aliphatic rings. The molecule has 0 saturated carbocycles. The third-order valence-corrected chi connectivity index (χ3v) is 4.33. The molecule has 4 heteroatoms. The molecule has 1 nitrogen and oxygen atoms in total. The molecule has 1 N–H and O–H groups in total. The highest BCUT2D eigenvalue weighted by atomic mass is 35.5. The minimum atomic E-state index is 0.337. The molecular formula is C14H19Cl2NS. The van der Waals surface area contributed by atoms with E-state index in [-0.39, 0.29) is 0 Å². The largest absolute Gasteiger partial charge is 0.309 e. The predicted octanol–water partition coefficient (Wildman–Crippen LogP) is 4.95. The molecule has 1 aromatic carbocycles. The van der Waals surface area contributed by atoms with E-state index in [1.54, 1.807) is 0 Å².